The first-order valence-corrected chi connectivity index (χ1v) is 10.7. The third-order valence-corrected chi connectivity index (χ3v) is 6.26. The number of aryl methyl sites for hydroxylation is 1. The van der Waals surface area contributed by atoms with Crippen molar-refractivity contribution in [2.45, 2.75) is 32.4 Å². The number of hydrogen-bond acceptors (Lipinski definition) is 6. The van der Waals surface area contributed by atoms with Gasteiger partial charge in [0.15, 0.2) is 5.58 Å². The lowest BCUT2D eigenvalue weighted by molar-refractivity contribution is 0.103. The molecule has 2 atom stereocenters. The normalized spacial score (nSPS) is 16.2. The lowest BCUT2D eigenvalue weighted by Crippen LogP contribution is -2.33. The van der Waals surface area contributed by atoms with Crippen LogP contribution in [0.3, 0.4) is 0 Å². The van der Waals surface area contributed by atoms with E-state index >= 15 is 0 Å². The van der Waals surface area contributed by atoms with Gasteiger partial charge >= 0.3 is 0 Å². The molecule has 30 heavy (non-hydrogen) atoms. The molecule has 1 aliphatic rings. The lowest BCUT2D eigenvalue weighted by Gasteiger charge is -2.18. The quantitative estimate of drug-likeness (QED) is 0.428. The van der Waals surface area contributed by atoms with E-state index in [1.807, 2.05) is 35.7 Å². The Morgan fingerprint density at radius 1 is 1.20 bits per heavy atom. The third-order valence-electron chi connectivity index (χ3n) is 5.36. The highest BCUT2D eigenvalue weighted by Crippen LogP contribution is 2.33. The molecule has 0 bridgehead atoms. The van der Waals surface area contributed by atoms with Gasteiger partial charge in [-0.2, -0.15) is 0 Å². The van der Waals surface area contributed by atoms with Crippen molar-refractivity contribution in [3.63, 3.8) is 0 Å². The fourth-order valence-electron chi connectivity index (χ4n) is 3.89. The summed E-state index contributed by atoms with van der Waals surface area (Å²) >= 11 is 1.61. The average Bonchev–Trinajstić information content (AvgIpc) is 3.46. The maximum Gasteiger partial charge on any atom is 0.178 e. The minimum atomic E-state index is -0.581. The van der Waals surface area contributed by atoms with Crippen LogP contribution in [0.15, 0.2) is 64.5 Å². The second-order valence-corrected chi connectivity index (χ2v) is 8.25. The van der Waals surface area contributed by atoms with Crippen LogP contribution in [0.1, 0.15) is 31.0 Å². The fourth-order valence-corrected chi connectivity index (χ4v) is 4.71. The average molecular weight is 423 g/mol. The summed E-state index contributed by atoms with van der Waals surface area (Å²) in [6, 6.07) is 18.5. The van der Waals surface area contributed by atoms with Gasteiger partial charge in [-0.25, -0.2) is 0 Å². The van der Waals surface area contributed by atoms with Crippen LogP contribution in [0.4, 0.5) is 0 Å². The molecule has 0 fully saturated rings. The largest absolute Gasteiger partial charge is 0.491 e. The molecule has 0 saturated heterocycles. The summed E-state index contributed by atoms with van der Waals surface area (Å²) in [4.78, 5) is 0. The summed E-state index contributed by atoms with van der Waals surface area (Å²) in [5, 5.41) is 20.0. The van der Waals surface area contributed by atoms with Crippen LogP contribution in [0.25, 0.3) is 21.5 Å². The van der Waals surface area contributed by atoms with E-state index in [1.165, 1.54) is 11.1 Å². The van der Waals surface area contributed by atoms with Gasteiger partial charge in [-0.05, 0) is 47.5 Å². The van der Waals surface area contributed by atoms with E-state index in [9.17, 15) is 5.11 Å². The number of rotatable bonds is 7. The van der Waals surface area contributed by atoms with Crippen LogP contribution in [-0.2, 0) is 6.42 Å². The number of aliphatic hydroxyl groups excluding tert-OH is 1. The number of benzene rings is 2. The number of aromatic nitrogens is 1. The van der Waals surface area contributed by atoms with Crippen molar-refractivity contribution in [3.05, 3.63) is 71.1 Å². The summed E-state index contributed by atoms with van der Waals surface area (Å²) in [5.74, 6) is 0.709. The molecule has 1 aliphatic carbocycles. The first kappa shape index (κ1) is 20.6. The van der Waals surface area contributed by atoms with Crippen molar-refractivity contribution >= 4 is 21.6 Å². The van der Waals surface area contributed by atoms with E-state index in [4.69, 9.17) is 9.26 Å². The van der Waals surface area contributed by atoms with Gasteiger partial charge in [0.2, 0.25) is 0 Å². The van der Waals surface area contributed by atoms with Gasteiger partial charge in [0.1, 0.15) is 28.9 Å². The van der Waals surface area contributed by atoms with Crippen LogP contribution in [0.5, 0.6) is 5.75 Å². The SMILES string of the molecule is C.OC(CNC1CCc2ccccc21)COc1cccc(-c2noc3ccsc23)c1. The van der Waals surface area contributed by atoms with E-state index in [0.29, 0.717) is 18.3 Å². The highest BCUT2D eigenvalue weighted by Gasteiger charge is 2.22. The molecule has 0 saturated carbocycles. The van der Waals surface area contributed by atoms with E-state index in [1.54, 1.807) is 11.3 Å². The summed E-state index contributed by atoms with van der Waals surface area (Å²) in [5.41, 5.74) is 5.31. The smallest absolute Gasteiger partial charge is 0.178 e. The Kier molecular flexibility index (Phi) is 6.18. The number of aliphatic hydroxyl groups is 1. The Morgan fingerprint density at radius 3 is 3.03 bits per heavy atom. The predicted octanol–water partition coefficient (Wildman–Crippen LogP) is 5.21. The Hall–Kier alpha value is -2.67. The van der Waals surface area contributed by atoms with Crippen LogP contribution in [-0.4, -0.2) is 29.5 Å². The van der Waals surface area contributed by atoms with Crippen LogP contribution in [0, 0.1) is 0 Å². The minimum absolute atomic E-state index is 0. The lowest BCUT2D eigenvalue weighted by atomic mass is 10.1. The monoisotopic (exact) mass is 422 g/mol. The highest BCUT2D eigenvalue weighted by atomic mass is 32.1. The summed E-state index contributed by atoms with van der Waals surface area (Å²) in [6.07, 6.45) is 1.58. The van der Waals surface area contributed by atoms with Gasteiger partial charge in [-0.3, -0.25) is 0 Å². The van der Waals surface area contributed by atoms with Gasteiger partial charge in [0.25, 0.3) is 0 Å². The topological polar surface area (TPSA) is 67.5 Å². The number of ether oxygens (including phenoxy) is 1. The maximum absolute atomic E-state index is 10.4. The molecule has 0 radical (unpaired) electrons. The molecule has 6 heteroatoms. The van der Waals surface area contributed by atoms with Crippen LogP contribution >= 0.6 is 11.3 Å². The van der Waals surface area contributed by atoms with Crippen molar-refractivity contribution in [3.8, 4) is 17.0 Å². The number of hydrogen-bond donors (Lipinski definition) is 2. The molecule has 2 aromatic heterocycles. The van der Waals surface area contributed by atoms with Crippen molar-refractivity contribution < 1.29 is 14.4 Å². The second kappa shape index (κ2) is 9.00. The zero-order valence-corrected chi connectivity index (χ0v) is 16.7. The Bertz CT molecular complexity index is 1120. The molecule has 0 spiro atoms. The second-order valence-electron chi connectivity index (χ2n) is 7.34. The van der Waals surface area contributed by atoms with Gasteiger partial charge in [-0.1, -0.05) is 49.0 Å². The first-order chi connectivity index (χ1) is 14.3. The molecular formula is C24H26N2O3S. The molecule has 4 aromatic rings. The molecule has 0 aliphatic heterocycles. The molecule has 5 nitrogen and oxygen atoms in total. The molecule has 2 N–H and O–H groups in total. The molecule has 0 amide bonds. The Labute approximate surface area is 180 Å². The van der Waals surface area contributed by atoms with Crippen molar-refractivity contribution in [2.24, 2.45) is 0 Å². The van der Waals surface area contributed by atoms with Crippen molar-refractivity contribution in [1.29, 1.82) is 0 Å². The fraction of sp³-hybridized carbons (Fsp3) is 0.292. The van der Waals surface area contributed by atoms with E-state index in [2.05, 4.69) is 34.7 Å². The summed E-state index contributed by atoms with van der Waals surface area (Å²) in [6.45, 7) is 0.732. The maximum atomic E-state index is 10.4. The van der Waals surface area contributed by atoms with Gasteiger partial charge in [0.05, 0.1) is 0 Å². The number of nitrogens with one attached hydrogen (secondary N) is 1. The summed E-state index contributed by atoms with van der Waals surface area (Å²) in [7, 11) is 0. The molecule has 5 rings (SSSR count). The zero-order chi connectivity index (χ0) is 19.6. The Balaban J connectivity index is 0.00000218. The molecule has 2 heterocycles. The number of nitrogens with zero attached hydrogens (tertiary/aromatic N) is 1. The minimum Gasteiger partial charge on any atom is -0.491 e. The first-order valence-electron chi connectivity index (χ1n) is 9.83. The van der Waals surface area contributed by atoms with Crippen LogP contribution < -0.4 is 10.1 Å². The highest BCUT2D eigenvalue weighted by molar-refractivity contribution is 7.17. The van der Waals surface area contributed by atoms with Gasteiger partial charge in [-0.15, -0.1) is 11.3 Å². The van der Waals surface area contributed by atoms with E-state index < -0.39 is 6.10 Å². The molecule has 2 aromatic carbocycles. The molecule has 156 valence electrons. The van der Waals surface area contributed by atoms with E-state index in [-0.39, 0.29) is 14.0 Å². The summed E-state index contributed by atoms with van der Waals surface area (Å²) < 4.78 is 12.2. The molecular weight excluding hydrogens is 396 g/mol. The van der Waals surface area contributed by atoms with Crippen molar-refractivity contribution in [2.75, 3.05) is 13.2 Å². The van der Waals surface area contributed by atoms with Crippen LogP contribution in [0.2, 0.25) is 0 Å². The number of thiophene rings is 1. The third kappa shape index (κ3) is 4.12. The van der Waals surface area contributed by atoms with Gasteiger partial charge in [0, 0.05) is 18.2 Å². The standard InChI is InChI=1S/C23H22N2O3S.CH4/c26-17(13-24-20-9-8-15-4-1-2-7-19(15)20)14-27-18-6-3-5-16(12-18)22-23-21(28-25-22)10-11-29-23;/h1-7,10-12,17,20,24,26H,8-9,13-14H2;1H4. The predicted molar refractivity (Wildman–Crippen MR) is 121 cm³/mol. The van der Waals surface area contributed by atoms with E-state index in [0.717, 1.165) is 34.4 Å². The Morgan fingerprint density at radius 2 is 2.10 bits per heavy atom. The van der Waals surface area contributed by atoms with Gasteiger partial charge < -0.3 is 19.7 Å². The van der Waals surface area contributed by atoms with Crippen molar-refractivity contribution in [1.82, 2.24) is 10.5 Å². The molecule has 2 unspecified atom stereocenters. The number of fused-ring (bicyclic) bond motifs is 2. The zero-order valence-electron chi connectivity index (χ0n) is 15.9.